The molecule has 0 saturated carbocycles. The summed E-state index contributed by atoms with van der Waals surface area (Å²) in [5, 5.41) is 3.47. The monoisotopic (exact) mass is 351 g/mol. The topological polar surface area (TPSA) is 85.6 Å². The van der Waals surface area contributed by atoms with Crippen LogP contribution in [-0.2, 0) is 11.3 Å². The molecule has 1 amide bonds. The fourth-order valence-corrected chi connectivity index (χ4v) is 2.52. The first-order valence-corrected chi connectivity index (χ1v) is 8.02. The number of amides is 1. The summed E-state index contributed by atoms with van der Waals surface area (Å²) in [4.78, 5) is 34.7. The standard InChI is InChI=1S/C20H17NO5/c1-12-9-19(23)26-18-10-16(7-8-17(12)18)25-20(24)15-5-3-14(4-6-15)11-21-13(2)22/h3-10H,11H2,1-2H3,(H,21,22). The molecule has 2 aromatic carbocycles. The van der Waals surface area contributed by atoms with E-state index < -0.39 is 11.6 Å². The maximum atomic E-state index is 12.3. The van der Waals surface area contributed by atoms with Gasteiger partial charge in [-0.15, -0.1) is 0 Å². The molecule has 0 aliphatic rings. The molecule has 132 valence electrons. The average Bonchev–Trinajstić information content (AvgIpc) is 2.60. The molecule has 0 aliphatic heterocycles. The second-order valence-corrected chi connectivity index (χ2v) is 5.90. The molecule has 0 atom stereocenters. The maximum Gasteiger partial charge on any atom is 0.343 e. The van der Waals surface area contributed by atoms with E-state index in [0.29, 0.717) is 23.4 Å². The van der Waals surface area contributed by atoms with Gasteiger partial charge in [0.1, 0.15) is 11.3 Å². The van der Waals surface area contributed by atoms with E-state index in [-0.39, 0.29) is 5.91 Å². The Morgan fingerprint density at radius 1 is 1.08 bits per heavy atom. The molecule has 3 rings (SSSR count). The number of aryl methyl sites for hydroxylation is 1. The summed E-state index contributed by atoms with van der Waals surface area (Å²) in [5.74, 6) is -0.351. The van der Waals surface area contributed by atoms with Crippen LogP contribution in [0.2, 0.25) is 0 Å². The van der Waals surface area contributed by atoms with Gasteiger partial charge in [0.25, 0.3) is 0 Å². The molecule has 0 fully saturated rings. The molecular weight excluding hydrogens is 334 g/mol. The van der Waals surface area contributed by atoms with Gasteiger partial charge in [-0.05, 0) is 42.3 Å². The molecule has 3 aromatic rings. The molecule has 0 spiro atoms. The van der Waals surface area contributed by atoms with Gasteiger partial charge in [-0.25, -0.2) is 9.59 Å². The van der Waals surface area contributed by atoms with Gasteiger partial charge >= 0.3 is 11.6 Å². The van der Waals surface area contributed by atoms with Gasteiger partial charge in [0.05, 0.1) is 5.56 Å². The van der Waals surface area contributed by atoms with E-state index in [4.69, 9.17) is 9.15 Å². The predicted molar refractivity (Wildman–Crippen MR) is 96.1 cm³/mol. The molecule has 0 saturated heterocycles. The van der Waals surface area contributed by atoms with Crippen molar-refractivity contribution in [3.8, 4) is 5.75 Å². The smallest absolute Gasteiger partial charge is 0.343 e. The lowest BCUT2D eigenvalue weighted by molar-refractivity contribution is -0.119. The van der Waals surface area contributed by atoms with Gasteiger partial charge in [-0.1, -0.05) is 12.1 Å². The van der Waals surface area contributed by atoms with Crippen molar-refractivity contribution in [1.29, 1.82) is 0 Å². The second-order valence-electron chi connectivity index (χ2n) is 5.90. The van der Waals surface area contributed by atoms with Crippen LogP contribution in [0.3, 0.4) is 0 Å². The largest absolute Gasteiger partial charge is 0.423 e. The van der Waals surface area contributed by atoms with Gasteiger partial charge < -0.3 is 14.5 Å². The highest BCUT2D eigenvalue weighted by Gasteiger charge is 2.11. The van der Waals surface area contributed by atoms with Crippen molar-refractivity contribution in [2.45, 2.75) is 20.4 Å². The van der Waals surface area contributed by atoms with Crippen LogP contribution in [-0.4, -0.2) is 11.9 Å². The summed E-state index contributed by atoms with van der Waals surface area (Å²) in [6, 6.07) is 13.1. The van der Waals surface area contributed by atoms with Crippen molar-refractivity contribution in [3.63, 3.8) is 0 Å². The summed E-state index contributed by atoms with van der Waals surface area (Å²) in [7, 11) is 0. The van der Waals surface area contributed by atoms with E-state index in [1.165, 1.54) is 19.1 Å². The van der Waals surface area contributed by atoms with E-state index in [1.807, 2.05) is 6.92 Å². The highest BCUT2D eigenvalue weighted by molar-refractivity contribution is 5.91. The minimum atomic E-state index is -0.523. The van der Waals surface area contributed by atoms with Crippen LogP contribution in [0, 0.1) is 6.92 Å². The van der Waals surface area contributed by atoms with E-state index in [1.54, 1.807) is 36.4 Å². The number of carbonyl (C=O) groups excluding carboxylic acids is 2. The zero-order valence-electron chi connectivity index (χ0n) is 14.4. The summed E-state index contributed by atoms with van der Waals surface area (Å²) >= 11 is 0. The van der Waals surface area contributed by atoms with Crippen molar-refractivity contribution in [2.75, 3.05) is 0 Å². The van der Waals surface area contributed by atoms with Crippen LogP contribution in [0.1, 0.15) is 28.4 Å². The lowest BCUT2D eigenvalue weighted by Gasteiger charge is -2.07. The van der Waals surface area contributed by atoms with Crippen LogP contribution >= 0.6 is 0 Å². The zero-order chi connectivity index (χ0) is 18.7. The molecular formula is C20H17NO5. The molecule has 0 unspecified atom stereocenters. The van der Waals surface area contributed by atoms with E-state index in [0.717, 1.165) is 16.5 Å². The van der Waals surface area contributed by atoms with Crippen molar-refractivity contribution in [3.05, 3.63) is 75.6 Å². The van der Waals surface area contributed by atoms with Crippen molar-refractivity contribution < 1.29 is 18.7 Å². The Bertz CT molecular complexity index is 1030. The van der Waals surface area contributed by atoms with E-state index in [2.05, 4.69) is 5.32 Å². The minimum Gasteiger partial charge on any atom is -0.423 e. The Balaban J connectivity index is 1.76. The quantitative estimate of drug-likeness (QED) is 0.444. The minimum absolute atomic E-state index is 0.119. The molecule has 6 nitrogen and oxygen atoms in total. The number of hydrogen-bond donors (Lipinski definition) is 1. The summed E-state index contributed by atoms with van der Waals surface area (Å²) in [6.07, 6.45) is 0. The Labute approximate surface area is 149 Å². The Morgan fingerprint density at radius 3 is 2.50 bits per heavy atom. The first-order chi connectivity index (χ1) is 12.4. The number of esters is 1. The summed E-state index contributed by atoms with van der Waals surface area (Å²) in [5.41, 5.74) is 1.96. The van der Waals surface area contributed by atoms with Gasteiger partial charge in [-0.2, -0.15) is 0 Å². The molecule has 0 aliphatic carbocycles. The van der Waals surface area contributed by atoms with Crippen LogP contribution < -0.4 is 15.7 Å². The Kier molecular flexibility index (Phi) is 4.84. The number of ether oxygens (including phenoxy) is 1. The molecule has 1 N–H and O–H groups in total. The van der Waals surface area contributed by atoms with E-state index >= 15 is 0 Å². The third kappa shape index (κ3) is 3.97. The van der Waals surface area contributed by atoms with Gasteiger partial charge in [0, 0.05) is 31.0 Å². The lowest BCUT2D eigenvalue weighted by Crippen LogP contribution is -2.19. The first kappa shape index (κ1) is 17.4. The maximum absolute atomic E-state index is 12.3. The predicted octanol–water partition coefficient (Wildman–Crippen LogP) is 2.96. The molecule has 1 heterocycles. The number of benzene rings is 2. The molecule has 1 aromatic heterocycles. The summed E-state index contributed by atoms with van der Waals surface area (Å²) < 4.78 is 10.5. The lowest BCUT2D eigenvalue weighted by atomic mass is 10.1. The number of rotatable bonds is 4. The van der Waals surface area contributed by atoms with Crippen LogP contribution in [0.25, 0.3) is 11.0 Å². The highest BCUT2D eigenvalue weighted by atomic mass is 16.5. The van der Waals surface area contributed by atoms with Crippen molar-refractivity contribution in [2.24, 2.45) is 0 Å². The van der Waals surface area contributed by atoms with Crippen molar-refractivity contribution >= 4 is 22.8 Å². The van der Waals surface area contributed by atoms with Crippen molar-refractivity contribution in [1.82, 2.24) is 5.32 Å². The number of nitrogens with one attached hydrogen (secondary N) is 1. The van der Waals surface area contributed by atoms with E-state index in [9.17, 15) is 14.4 Å². The van der Waals surface area contributed by atoms with Gasteiger partial charge in [0.15, 0.2) is 0 Å². The fraction of sp³-hybridized carbons (Fsp3) is 0.150. The zero-order valence-corrected chi connectivity index (χ0v) is 14.4. The molecule has 0 radical (unpaired) electrons. The molecule has 0 bridgehead atoms. The number of hydrogen-bond acceptors (Lipinski definition) is 5. The Hall–Kier alpha value is -3.41. The summed E-state index contributed by atoms with van der Waals surface area (Å²) in [6.45, 7) is 3.65. The van der Waals surface area contributed by atoms with Gasteiger partial charge in [0.2, 0.25) is 5.91 Å². The normalized spacial score (nSPS) is 10.5. The van der Waals surface area contributed by atoms with Crippen LogP contribution in [0.5, 0.6) is 5.75 Å². The fourth-order valence-electron chi connectivity index (χ4n) is 2.52. The first-order valence-electron chi connectivity index (χ1n) is 8.02. The molecule has 26 heavy (non-hydrogen) atoms. The highest BCUT2D eigenvalue weighted by Crippen LogP contribution is 2.23. The SMILES string of the molecule is CC(=O)NCc1ccc(C(=O)Oc2ccc3c(C)cc(=O)oc3c2)cc1. The third-order valence-electron chi connectivity index (χ3n) is 3.86. The van der Waals surface area contributed by atoms with Crippen LogP contribution in [0.4, 0.5) is 0 Å². The number of fused-ring (bicyclic) bond motifs is 1. The second kappa shape index (κ2) is 7.23. The third-order valence-corrected chi connectivity index (χ3v) is 3.86. The number of carbonyl (C=O) groups is 2. The molecule has 6 heteroatoms. The Morgan fingerprint density at radius 2 is 1.81 bits per heavy atom. The average molecular weight is 351 g/mol. The van der Waals surface area contributed by atoms with Crippen LogP contribution in [0.15, 0.2) is 57.7 Å². The van der Waals surface area contributed by atoms with Gasteiger partial charge in [-0.3, -0.25) is 4.79 Å².